The third-order valence-electron chi connectivity index (χ3n) is 3.35. The number of hydrogen-bond acceptors (Lipinski definition) is 7. The second-order valence-corrected chi connectivity index (χ2v) is 6.73. The molecule has 0 bridgehead atoms. The van der Waals surface area contributed by atoms with Crippen molar-refractivity contribution in [2.24, 2.45) is 0 Å². The molecule has 0 spiro atoms. The first-order valence-electron chi connectivity index (χ1n) is 8.34. The van der Waals surface area contributed by atoms with Gasteiger partial charge in [-0.25, -0.2) is 8.98 Å². The van der Waals surface area contributed by atoms with Gasteiger partial charge in [0.2, 0.25) is 0 Å². The number of aliphatic hydroxyl groups is 2. The Morgan fingerprint density at radius 1 is 0.958 bits per heavy atom. The van der Waals surface area contributed by atoms with Crippen LogP contribution in [0.4, 0.5) is 0 Å². The minimum absolute atomic E-state index is 0. The van der Waals surface area contributed by atoms with Crippen LogP contribution in [0.3, 0.4) is 0 Å². The number of carbonyl (C=O) groups excluding carboxylic acids is 1. The Morgan fingerprint density at radius 2 is 1.42 bits per heavy atom. The van der Waals surface area contributed by atoms with Gasteiger partial charge < -0.3 is 14.4 Å². The van der Waals surface area contributed by atoms with Crippen LogP contribution in [0, 0.1) is 0 Å². The van der Waals surface area contributed by atoms with Gasteiger partial charge in [-0.05, 0) is 6.42 Å². The van der Waals surface area contributed by atoms with Crippen LogP contribution < -0.4 is 0 Å². The van der Waals surface area contributed by atoms with Crippen molar-refractivity contribution < 1.29 is 31.8 Å². The van der Waals surface area contributed by atoms with E-state index in [1.54, 1.807) is 0 Å². The van der Waals surface area contributed by atoms with Crippen molar-refractivity contribution in [2.75, 3.05) is 13.2 Å². The van der Waals surface area contributed by atoms with Crippen LogP contribution in [0.15, 0.2) is 0 Å². The van der Waals surface area contributed by atoms with Crippen LogP contribution in [-0.2, 0) is 23.6 Å². The molecule has 2 N–H and O–H groups in total. The summed E-state index contributed by atoms with van der Waals surface area (Å²) in [4.78, 5) is 11.0. The third kappa shape index (κ3) is 15.8. The Morgan fingerprint density at radius 3 is 1.88 bits per heavy atom. The second kappa shape index (κ2) is 16.8. The molecule has 0 aromatic carbocycles. The van der Waals surface area contributed by atoms with Gasteiger partial charge in [-0.3, -0.25) is 0 Å². The van der Waals surface area contributed by atoms with Crippen LogP contribution >= 0.6 is 0 Å². The van der Waals surface area contributed by atoms with Crippen molar-refractivity contribution in [3.05, 3.63) is 0 Å². The van der Waals surface area contributed by atoms with Crippen molar-refractivity contribution in [3.8, 4) is 0 Å². The molecule has 0 fully saturated rings. The van der Waals surface area contributed by atoms with Crippen LogP contribution in [0.1, 0.15) is 71.1 Å². The summed E-state index contributed by atoms with van der Waals surface area (Å²) < 4.78 is 31.0. The first-order chi connectivity index (χ1) is 10.9. The van der Waals surface area contributed by atoms with Crippen LogP contribution in [-0.4, -0.2) is 73.5 Å². The fourth-order valence-corrected chi connectivity index (χ4v) is 2.69. The van der Waals surface area contributed by atoms with E-state index in [0.717, 1.165) is 19.3 Å². The van der Waals surface area contributed by atoms with Crippen molar-refractivity contribution in [1.82, 2.24) is 0 Å². The van der Waals surface area contributed by atoms with Crippen molar-refractivity contribution in [2.45, 2.75) is 77.2 Å². The summed E-state index contributed by atoms with van der Waals surface area (Å²) in [6.07, 6.45) is 9.21. The van der Waals surface area contributed by atoms with E-state index in [1.165, 1.54) is 38.5 Å². The molecule has 0 saturated heterocycles. The average Bonchev–Trinajstić information content (AvgIpc) is 2.51. The maximum atomic E-state index is 11.3. The molecule has 9 heteroatoms. The minimum atomic E-state index is -4.47. The summed E-state index contributed by atoms with van der Waals surface area (Å²) in [6, 6.07) is 0. The number of carbonyl (C=O) groups is 1. The summed E-state index contributed by atoms with van der Waals surface area (Å²) in [5.74, 6) is -1.45. The number of rotatable bonds is 15. The number of hydrogen-bond donors (Lipinski definition) is 2. The zero-order chi connectivity index (χ0) is 17.6. The first kappa shape index (κ1) is 26.5. The van der Waals surface area contributed by atoms with Gasteiger partial charge in [0.1, 0.15) is 0 Å². The summed E-state index contributed by atoms with van der Waals surface area (Å²) in [7, 11) is -4.47. The van der Waals surface area contributed by atoms with E-state index >= 15 is 0 Å². The molecular formula is C15H31NaO7S. The van der Waals surface area contributed by atoms with E-state index < -0.39 is 29.1 Å². The molecular weight excluding hydrogens is 347 g/mol. The van der Waals surface area contributed by atoms with Gasteiger partial charge >= 0.3 is 45.9 Å². The van der Waals surface area contributed by atoms with E-state index in [2.05, 4.69) is 15.3 Å². The average molecular weight is 378 g/mol. The summed E-state index contributed by atoms with van der Waals surface area (Å²) in [5.41, 5.74) is 0. The molecule has 7 nitrogen and oxygen atoms in total. The molecule has 0 aliphatic heterocycles. The normalized spacial score (nSPS) is 12.5. The van der Waals surface area contributed by atoms with Crippen LogP contribution in [0.25, 0.3) is 0 Å². The van der Waals surface area contributed by atoms with E-state index in [-0.39, 0.29) is 36.2 Å². The standard InChI is InChI=1S/C15H30O7S.Na.H/c1-2-3-4-5-6-7-8-9-10-11-12-21-23(19,20)22-15(18)14(17)13-16;;/h14,16-17H,2-13H2,1H3;;. The predicted octanol–water partition coefficient (Wildman–Crippen LogP) is 1.42. The zero-order valence-corrected chi connectivity index (χ0v) is 14.7. The van der Waals surface area contributed by atoms with Gasteiger partial charge in [-0.1, -0.05) is 64.7 Å². The van der Waals surface area contributed by atoms with Crippen molar-refractivity contribution in [1.29, 1.82) is 0 Å². The fourth-order valence-electron chi connectivity index (χ4n) is 2.01. The second-order valence-electron chi connectivity index (χ2n) is 5.51. The topological polar surface area (TPSA) is 110 Å². The van der Waals surface area contributed by atoms with Crippen molar-refractivity contribution >= 4 is 45.9 Å². The molecule has 140 valence electrons. The fraction of sp³-hybridized carbons (Fsp3) is 0.933. The summed E-state index contributed by atoms with van der Waals surface area (Å²) in [5, 5.41) is 17.4. The van der Waals surface area contributed by atoms with Gasteiger partial charge in [0.15, 0.2) is 6.10 Å². The Hall–Kier alpha value is 0.300. The molecule has 0 radical (unpaired) electrons. The monoisotopic (exact) mass is 378 g/mol. The molecule has 0 rings (SSSR count). The molecule has 0 aromatic heterocycles. The molecule has 1 unspecified atom stereocenters. The maximum absolute atomic E-state index is 11.3. The third-order valence-corrected chi connectivity index (χ3v) is 4.18. The molecule has 0 heterocycles. The van der Waals surface area contributed by atoms with Crippen molar-refractivity contribution in [3.63, 3.8) is 0 Å². The zero-order valence-electron chi connectivity index (χ0n) is 13.9. The SMILES string of the molecule is CCCCCCCCCCCCOS(=O)(=O)OC(=O)C(O)CO.[NaH]. The van der Waals surface area contributed by atoms with Gasteiger partial charge in [0, 0.05) is 0 Å². The van der Waals surface area contributed by atoms with E-state index in [9.17, 15) is 13.2 Å². The molecule has 24 heavy (non-hydrogen) atoms. The Balaban J connectivity index is 0. The number of aliphatic hydroxyl groups excluding tert-OH is 2. The molecule has 0 amide bonds. The number of unbranched alkanes of at least 4 members (excludes halogenated alkanes) is 9. The molecule has 0 aliphatic rings. The van der Waals surface area contributed by atoms with Gasteiger partial charge in [0.05, 0.1) is 13.2 Å². The van der Waals surface area contributed by atoms with E-state index in [4.69, 9.17) is 10.2 Å². The summed E-state index contributed by atoms with van der Waals surface area (Å²) >= 11 is 0. The van der Waals surface area contributed by atoms with Gasteiger partial charge in [-0.15, -0.1) is 0 Å². The van der Waals surface area contributed by atoms with Gasteiger partial charge in [-0.2, -0.15) is 8.42 Å². The van der Waals surface area contributed by atoms with E-state index in [0.29, 0.717) is 6.42 Å². The van der Waals surface area contributed by atoms with Crippen LogP contribution in [0.5, 0.6) is 0 Å². The van der Waals surface area contributed by atoms with E-state index in [1.807, 2.05) is 0 Å². The Labute approximate surface area is 167 Å². The molecule has 0 aliphatic carbocycles. The molecule has 1 atom stereocenters. The van der Waals surface area contributed by atoms with Crippen LogP contribution in [0.2, 0.25) is 0 Å². The summed E-state index contributed by atoms with van der Waals surface area (Å²) in [6.45, 7) is 1.21. The predicted molar refractivity (Wildman–Crippen MR) is 93.0 cm³/mol. The Kier molecular flexibility index (Phi) is 18.5. The quantitative estimate of drug-likeness (QED) is 0.327. The molecule has 0 saturated carbocycles. The Bertz CT molecular complexity index is 401. The van der Waals surface area contributed by atoms with Gasteiger partial charge in [0.25, 0.3) is 0 Å². The first-order valence-corrected chi connectivity index (χ1v) is 9.68. The molecule has 0 aromatic rings.